The molecule has 1 aliphatic rings. The molecule has 0 aliphatic carbocycles. The fourth-order valence-electron chi connectivity index (χ4n) is 2.04. The van der Waals surface area contributed by atoms with Crippen molar-refractivity contribution in [3.63, 3.8) is 0 Å². The number of anilines is 2. The van der Waals surface area contributed by atoms with Gasteiger partial charge in [0.15, 0.2) is 0 Å². The van der Waals surface area contributed by atoms with E-state index in [1.54, 1.807) is 0 Å². The molecule has 82 valence electrons. The van der Waals surface area contributed by atoms with Crippen molar-refractivity contribution >= 4 is 11.4 Å². The fourth-order valence-corrected chi connectivity index (χ4v) is 2.04. The number of fused-ring (bicyclic) bond motifs is 1. The van der Waals surface area contributed by atoms with Crippen molar-refractivity contribution in [1.82, 2.24) is 0 Å². The first-order chi connectivity index (χ1) is 7.16. The molecule has 0 fully saturated rings. The van der Waals surface area contributed by atoms with Crippen LogP contribution in [0.3, 0.4) is 0 Å². The van der Waals surface area contributed by atoms with E-state index in [2.05, 4.69) is 11.0 Å². The Hall–Kier alpha value is -1.22. The Labute approximate surface area is 90.5 Å². The van der Waals surface area contributed by atoms with Gasteiger partial charge in [0, 0.05) is 24.5 Å². The Kier molecular flexibility index (Phi) is 2.82. The highest BCUT2D eigenvalue weighted by Crippen LogP contribution is 2.29. The number of rotatable bonds is 3. The molecule has 1 aliphatic heterocycles. The molecule has 0 bridgehead atoms. The number of nitrogen functional groups attached to an aromatic ring is 1. The van der Waals surface area contributed by atoms with Crippen molar-refractivity contribution in [3.8, 4) is 0 Å². The third kappa shape index (κ3) is 2.23. The van der Waals surface area contributed by atoms with Crippen molar-refractivity contribution < 1.29 is 5.11 Å². The maximum absolute atomic E-state index is 9.26. The van der Waals surface area contributed by atoms with Crippen LogP contribution in [0.15, 0.2) is 18.2 Å². The van der Waals surface area contributed by atoms with Gasteiger partial charge >= 0.3 is 0 Å². The van der Waals surface area contributed by atoms with Gasteiger partial charge in [0.05, 0.1) is 6.10 Å². The zero-order chi connectivity index (χ0) is 10.8. The number of hydrogen-bond donors (Lipinski definition) is 2. The molecule has 3 N–H and O–H groups in total. The van der Waals surface area contributed by atoms with Crippen LogP contribution in [0.4, 0.5) is 11.4 Å². The topological polar surface area (TPSA) is 49.5 Å². The molecule has 1 aromatic carbocycles. The van der Waals surface area contributed by atoms with Crippen LogP contribution in [-0.4, -0.2) is 24.3 Å². The largest absolute Gasteiger partial charge is 0.399 e. The fraction of sp³-hybridized carbons (Fsp3) is 0.500. The van der Waals surface area contributed by atoms with E-state index in [1.165, 1.54) is 11.3 Å². The van der Waals surface area contributed by atoms with Crippen LogP contribution in [0, 0.1) is 0 Å². The molecule has 3 heteroatoms. The summed E-state index contributed by atoms with van der Waals surface area (Å²) in [6, 6.07) is 6.09. The first kappa shape index (κ1) is 10.3. The molecule has 2 rings (SSSR count). The molecule has 1 heterocycles. The summed E-state index contributed by atoms with van der Waals surface area (Å²) in [7, 11) is 0. The van der Waals surface area contributed by atoms with Gasteiger partial charge in [-0.05, 0) is 37.5 Å². The molecule has 0 saturated heterocycles. The lowest BCUT2D eigenvalue weighted by atomic mass is 10.1. The summed E-state index contributed by atoms with van der Waals surface area (Å²) in [6.45, 7) is 3.79. The second-order valence-electron chi connectivity index (χ2n) is 4.26. The molecule has 1 aromatic rings. The van der Waals surface area contributed by atoms with Crippen LogP contribution < -0.4 is 10.6 Å². The van der Waals surface area contributed by atoms with Crippen LogP contribution in [0.25, 0.3) is 0 Å². The van der Waals surface area contributed by atoms with Crippen molar-refractivity contribution in [1.29, 1.82) is 0 Å². The van der Waals surface area contributed by atoms with E-state index in [4.69, 9.17) is 5.73 Å². The van der Waals surface area contributed by atoms with E-state index in [0.717, 1.165) is 31.6 Å². The number of nitrogens with two attached hydrogens (primary N) is 1. The smallest absolute Gasteiger partial charge is 0.0528 e. The van der Waals surface area contributed by atoms with Gasteiger partial charge in [0.2, 0.25) is 0 Å². The van der Waals surface area contributed by atoms with Crippen LogP contribution in [0.2, 0.25) is 0 Å². The average molecular weight is 206 g/mol. The molecule has 1 unspecified atom stereocenters. The minimum atomic E-state index is -0.227. The summed E-state index contributed by atoms with van der Waals surface area (Å²) >= 11 is 0. The molecule has 0 amide bonds. The van der Waals surface area contributed by atoms with Gasteiger partial charge in [-0.15, -0.1) is 0 Å². The first-order valence-corrected chi connectivity index (χ1v) is 5.48. The second-order valence-corrected chi connectivity index (χ2v) is 4.26. The van der Waals surface area contributed by atoms with Crippen molar-refractivity contribution in [3.05, 3.63) is 23.8 Å². The molecular formula is C12H18N2O. The number of benzene rings is 1. The van der Waals surface area contributed by atoms with E-state index in [9.17, 15) is 5.11 Å². The van der Waals surface area contributed by atoms with Gasteiger partial charge in [-0.1, -0.05) is 6.07 Å². The Morgan fingerprint density at radius 3 is 3.07 bits per heavy atom. The van der Waals surface area contributed by atoms with E-state index in [0.29, 0.717) is 0 Å². The Morgan fingerprint density at radius 2 is 2.33 bits per heavy atom. The SMILES string of the molecule is CC(O)CCN1CCc2ccc(N)cc21. The van der Waals surface area contributed by atoms with Crippen molar-refractivity contribution in [2.24, 2.45) is 0 Å². The van der Waals surface area contributed by atoms with Gasteiger partial charge < -0.3 is 15.7 Å². The Bertz CT molecular complexity index is 349. The summed E-state index contributed by atoms with van der Waals surface area (Å²) in [6.07, 6.45) is 1.68. The van der Waals surface area contributed by atoms with Crippen molar-refractivity contribution in [2.75, 3.05) is 23.7 Å². The minimum Gasteiger partial charge on any atom is -0.399 e. The molecule has 0 saturated carbocycles. The monoisotopic (exact) mass is 206 g/mol. The van der Waals surface area contributed by atoms with Crippen LogP contribution in [0.5, 0.6) is 0 Å². The number of aliphatic hydroxyl groups excluding tert-OH is 1. The molecular weight excluding hydrogens is 188 g/mol. The molecule has 0 aromatic heterocycles. The predicted molar refractivity (Wildman–Crippen MR) is 63.1 cm³/mol. The van der Waals surface area contributed by atoms with E-state index < -0.39 is 0 Å². The van der Waals surface area contributed by atoms with E-state index >= 15 is 0 Å². The molecule has 3 nitrogen and oxygen atoms in total. The van der Waals surface area contributed by atoms with Gasteiger partial charge in [0.25, 0.3) is 0 Å². The predicted octanol–water partition coefficient (Wildman–Crippen LogP) is 1.40. The standard InChI is InChI=1S/C12H18N2O/c1-9(15)4-6-14-7-5-10-2-3-11(13)8-12(10)14/h2-3,8-9,15H,4-7,13H2,1H3. The summed E-state index contributed by atoms with van der Waals surface area (Å²) in [4.78, 5) is 2.30. The highest BCUT2D eigenvalue weighted by Gasteiger charge is 2.18. The third-order valence-corrected chi connectivity index (χ3v) is 2.92. The molecule has 0 radical (unpaired) electrons. The van der Waals surface area contributed by atoms with Gasteiger partial charge in [-0.2, -0.15) is 0 Å². The summed E-state index contributed by atoms with van der Waals surface area (Å²) in [5, 5.41) is 9.26. The van der Waals surface area contributed by atoms with E-state index in [-0.39, 0.29) is 6.10 Å². The average Bonchev–Trinajstić information content (AvgIpc) is 2.57. The normalized spacial score (nSPS) is 16.5. The van der Waals surface area contributed by atoms with E-state index in [1.807, 2.05) is 19.1 Å². The van der Waals surface area contributed by atoms with Gasteiger partial charge in [0.1, 0.15) is 0 Å². The lowest BCUT2D eigenvalue weighted by molar-refractivity contribution is 0.186. The van der Waals surface area contributed by atoms with Crippen LogP contribution in [-0.2, 0) is 6.42 Å². The number of aliphatic hydroxyl groups is 1. The minimum absolute atomic E-state index is 0.227. The number of nitrogens with zero attached hydrogens (tertiary/aromatic N) is 1. The maximum Gasteiger partial charge on any atom is 0.0528 e. The summed E-state index contributed by atoms with van der Waals surface area (Å²) in [5.41, 5.74) is 9.21. The highest BCUT2D eigenvalue weighted by molar-refractivity contribution is 5.64. The van der Waals surface area contributed by atoms with Crippen LogP contribution >= 0.6 is 0 Å². The first-order valence-electron chi connectivity index (χ1n) is 5.48. The van der Waals surface area contributed by atoms with Gasteiger partial charge in [-0.25, -0.2) is 0 Å². The summed E-state index contributed by atoms with van der Waals surface area (Å²) in [5.74, 6) is 0. The maximum atomic E-state index is 9.26. The molecule has 1 atom stereocenters. The zero-order valence-corrected chi connectivity index (χ0v) is 9.11. The highest BCUT2D eigenvalue weighted by atomic mass is 16.3. The lowest BCUT2D eigenvalue weighted by Gasteiger charge is -2.20. The Balaban J connectivity index is 2.10. The Morgan fingerprint density at radius 1 is 1.53 bits per heavy atom. The molecule has 0 spiro atoms. The van der Waals surface area contributed by atoms with Crippen LogP contribution in [0.1, 0.15) is 18.9 Å². The molecule has 15 heavy (non-hydrogen) atoms. The summed E-state index contributed by atoms with van der Waals surface area (Å²) < 4.78 is 0. The van der Waals surface area contributed by atoms with Crippen molar-refractivity contribution in [2.45, 2.75) is 25.9 Å². The lowest BCUT2D eigenvalue weighted by Crippen LogP contribution is -2.24. The third-order valence-electron chi connectivity index (χ3n) is 2.92. The van der Waals surface area contributed by atoms with Gasteiger partial charge in [-0.3, -0.25) is 0 Å². The number of hydrogen-bond acceptors (Lipinski definition) is 3. The quantitative estimate of drug-likeness (QED) is 0.735. The zero-order valence-electron chi connectivity index (χ0n) is 9.11. The second kappa shape index (κ2) is 4.11.